The van der Waals surface area contributed by atoms with E-state index in [0.717, 1.165) is 22.6 Å². The maximum absolute atomic E-state index is 12.2. The SMILES string of the molecule is O=C1NC(=Nc2ccc(Cl)cc2)S/C1=C\c1ccc(OCc2ccc(Cl)cc2)cc1. The van der Waals surface area contributed by atoms with Gasteiger partial charge in [0.05, 0.1) is 10.6 Å². The van der Waals surface area contributed by atoms with Gasteiger partial charge in [-0.25, -0.2) is 4.99 Å². The summed E-state index contributed by atoms with van der Waals surface area (Å²) in [5, 5.41) is 4.66. The second-order valence-electron chi connectivity index (χ2n) is 6.44. The van der Waals surface area contributed by atoms with Crippen molar-refractivity contribution in [1.82, 2.24) is 5.32 Å². The van der Waals surface area contributed by atoms with E-state index < -0.39 is 0 Å². The summed E-state index contributed by atoms with van der Waals surface area (Å²) in [7, 11) is 0. The molecular formula is C23H16Cl2N2O2S. The Labute approximate surface area is 188 Å². The molecule has 1 saturated heterocycles. The van der Waals surface area contributed by atoms with Gasteiger partial charge < -0.3 is 10.1 Å². The number of carbonyl (C=O) groups excluding carboxylic acids is 1. The van der Waals surface area contributed by atoms with Crippen LogP contribution in [0, 0.1) is 0 Å². The summed E-state index contributed by atoms with van der Waals surface area (Å²) in [5.41, 5.74) is 2.67. The minimum atomic E-state index is -0.171. The molecule has 0 aliphatic carbocycles. The van der Waals surface area contributed by atoms with E-state index in [-0.39, 0.29) is 5.91 Å². The summed E-state index contributed by atoms with van der Waals surface area (Å²) >= 11 is 13.1. The molecule has 1 aliphatic heterocycles. The van der Waals surface area contributed by atoms with Crippen LogP contribution in [-0.4, -0.2) is 11.1 Å². The van der Waals surface area contributed by atoms with E-state index in [1.165, 1.54) is 11.8 Å². The van der Waals surface area contributed by atoms with Crippen LogP contribution in [0.15, 0.2) is 82.7 Å². The van der Waals surface area contributed by atoms with E-state index in [9.17, 15) is 4.79 Å². The van der Waals surface area contributed by atoms with Crippen molar-refractivity contribution in [2.24, 2.45) is 4.99 Å². The molecule has 4 nitrogen and oxygen atoms in total. The molecule has 0 aromatic heterocycles. The fourth-order valence-electron chi connectivity index (χ4n) is 2.67. The van der Waals surface area contributed by atoms with Crippen LogP contribution in [0.1, 0.15) is 11.1 Å². The third-order valence-electron chi connectivity index (χ3n) is 4.20. The lowest BCUT2D eigenvalue weighted by molar-refractivity contribution is -0.115. The van der Waals surface area contributed by atoms with E-state index in [4.69, 9.17) is 27.9 Å². The lowest BCUT2D eigenvalue weighted by atomic mass is 10.2. The molecule has 150 valence electrons. The monoisotopic (exact) mass is 454 g/mol. The minimum absolute atomic E-state index is 0.171. The van der Waals surface area contributed by atoms with Gasteiger partial charge in [0.1, 0.15) is 12.4 Å². The van der Waals surface area contributed by atoms with Gasteiger partial charge in [0, 0.05) is 10.0 Å². The highest BCUT2D eigenvalue weighted by atomic mass is 35.5. The Kier molecular flexibility index (Phi) is 6.43. The van der Waals surface area contributed by atoms with Crippen LogP contribution >= 0.6 is 35.0 Å². The van der Waals surface area contributed by atoms with Gasteiger partial charge in [-0.2, -0.15) is 0 Å². The molecule has 0 radical (unpaired) electrons. The number of amides is 1. The molecule has 0 atom stereocenters. The number of thioether (sulfide) groups is 1. The summed E-state index contributed by atoms with van der Waals surface area (Å²) in [6, 6.07) is 22.2. The number of nitrogens with zero attached hydrogens (tertiary/aromatic N) is 1. The summed E-state index contributed by atoms with van der Waals surface area (Å²) < 4.78 is 5.79. The molecule has 7 heteroatoms. The quantitative estimate of drug-likeness (QED) is 0.449. The number of rotatable bonds is 5. The number of hydrogen-bond donors (Lipinski definition) is 1. The van der Waals surface area contributed by atoms with E-state index in [1.807, 2.05) is 54.6 Å². The van der Waals surface area contributed by atoms with Gasteiger partial charge in [0.2, 0.25) is 0 Å². The fourth-order valence-corrected chi connectivity index (χ4v) is 3.77. The molecule has 3 aromatic carbocycles. The second kappa shape index (κ2) is 9.39. The number of halogens is 2. The van der Waals surface area contributed by atoms with Crippen molar-refractivity contribution in [1.29, 1.82) is 0 Å². The molecule has 1 amide bonds. The highest BCUT2D eigenvalue weighted by Crippen LogP contribution is 2.29. The van der Waals surface area contributed by atoms with Gasteiger partial charge in [-0.15, -0.1) is 0 Å². The predicted octanol–water partition coefficient (Wildman–Crippen LogP) is 6.46. The Balaban J connectivity index is 1.39. The largest absolute Gasteiger partial charge is 0.489 e. The van der Waals surface area contributed by atoms with Crippen molar-refractivity contribution < 1.29 is 9.53 Å². The zero-order valence-corrected chi connectivity index (χ0v) is 18.0. The molecule has 0 saturated carbocycles. The van der Waals surface area contributed by atoms with E-state index >= 15 is 0 Å². The molecular weight excluding hydrogens is 439 g/mol. The van der Waals surface area contributed by atoms with Gasteiger partial charge in [-0.1, -0.05) is 47.5 Å². The van der Waals surface area contributed by atoms with E-state index in [1.54, 1.807) is 24.3 Å². The number of amidine groups is 1. The van der Waals surface area contributed by atoms with Gasteiger partial charge in [0.15, 0.2) is 5.17 Å². The number of ether oxygens (including phenoxy) is 1. The standard InChI is InChI=1S/C23H16Cl2N2O2S/c24-17-5-1-16(2-6-17)14-29-20-11-3-15(4-12-20)13-21-22(28)27-23(30-21)26-19-9-7-18(25)8-10-19/h1-13H,14H2,(H,26,27,28)/b21-13-. The first-order valence-corrected chi connectivity index (χ1v) is 10.6. The number of nitrogens with one attached hydrogen (secondary N) is 1. The predicted molar refractivity (Wildman–Crippen MR) is 124 cm³/mol. The van der Waals surface area contributed by atoms with Crippen LogP contribution in [0.25, 0.3) is 6.08 Å². The first kappa shape index (κ1) is 20.5. The molecule has 0 bridgehead atoms. The van der Waals surface area contributed by atoms with Crippen molar-refractivity contribution in [3.8, 4) is 5.75 Å². The van der Waals surface area contributed by atoms with E-state index in [2.05, 4.69) is 10.3 Å². The van der Waals surface area contributed by atoms with Crippen LogP contribution in [-0.2, 0) is 11.4 Å². The maximum Gasteiger partial charge on any atom is 0.264 e. The van der Waals surface area contributed by atoms with Crippen molar-refractivity contribution in [3.63, 3.8) is 0 Å². The van der Waals surface area contributed by atoms with Crippen LogP contribution in [0.3, 0.4) is 0 Å². The third kappa shape index (κ3) is 5.45. The van der Waals surface area contributed by atoms with E-state index in [0.29, 0.717) is 26.7 Å². The lowest BCUT2D eigenvalue weighted by Crippen LogP contribution is -2.19. The normalized spacial score (nSPS) is 16.1. The first-order valence-electron chi connectivity index (χ1n) is 9.08. The number of hydrogen-bond acceptors (Lipinski definition) is 4. The molecule has 3 aromatic rings. The third-order valence-corrected chi connectivity index (χ3v) is 5.62. The minimum Gasteiger partial charge on any atom is -0.489 e. The van der Waals surface area contributed by atoms with Crippen molar-refractivity contribution in [2.75, 3.05) is 0 Å². The molecule has 1 N–H and O–H groups in total. The Hall–Kier alpha value is -2.73. The van der Waals surface area contributed by atoms with Gasteiger partial charge >= 0.3 is 0 Å². The molecule has 0 spiro atoms. The molecule has 30 heavy (non-hydrogen) atoms. The Morgan fingerprint density at radius 2 is 1.53 bits per heavy atom. The average Bonchev–Trinajstić information content (AvgIpc) is 3.09. The summed E-state index contributed by atoms with van der Waals surface area (Å²) in [4.78, 5) is 17.3. The highest BCUT2D eigenvalue weighted by molar-refractivity contribution is 8.18. The Bertz CT molecular complexity index is 1110. The highest BCUT2D eigenvalue weighted by Gasteiger charge is 2.23. The average molecular weight is 455 g/mol. The van der Waals surface area contributed by atoms with Crippen LogP contribution < -0.4 is 10.1 Å². The Morgan fingerprint density at radius 3 is 2.20 bits per heavy atom. The van der Waals surface area contributed by atoms with Crippen LogP contribution in [0.2, 0.25) is 10.0 Å². The van der Waals surface area contributed by atoms with Crippen molar-refractivity contribution in [2.45, 2.75) is 6.61 Å². The summed E-state index contributed by atoms with van der Waals surface area (Å²) in [6.45, 7) is 0.459. The van der Waals surface area contributed by atoms with Crippen LogP contribution in [0.5, 0.6) is 5.75 Å². The molecule has 0 unspecified atom stereocenters. The fraction of sp³-hybridized carbons (Fsp3) is 0.0435. The summed E-state index contributed by atoms with van der Waals surface area (Å²) in [6.07, 6.45) is 1.83. The lowest BCUT2D eigenvalue weighted by Gasteiger charge is -2.06. The van der Waals surface area contributed by atoms with Crippen molar-refractivity contribution in [3.05, 3.63) is 98.9 Å². The molecule has 1 fully saturated rings. The molecule has 1 heterocycles. The first-order chi connectivity index (χ1) is 14.5. The summed E-state index contributed by atoms with van der Waals surface area (Å²) in [5.74, 6) is 0.580. The number of carbonyl (C=O) groups is 1. The van der Waals surface area contributed by atoms with Crippen molar-refractivity contribution >= 4 is 57.8 Å². The Morgan fingerprint density at radius 1 is 0.900 bits per heavy atom. The van der Waals surface area contributed by atoms with Gasteiger partial charge in [-0.05, 0) is 77.5 Å². The second-order valence-corrected chi connectivity index (χ2v) is 8.35. The van der Waals surface area contributed by atoms with Gasteiger partial charge in [-0.3, -0.25) is 4.79 Å². The maximum atomic E-state index is 12.2. The molecule has 4 rings (SSSR count). The smallest absolute Gasteiger partial charge is 0.264 e. The van der Waals surface area contributed by atoms with Crippen LogP contribution in [0.4, 0.5) is 5.69 Å². The topological polar surface area (TPSA) is 50.7 Å². The number of aliphatic imine (C=N–C) groups is 1. The zero-order valence-electron chi connectivity index (χ0n) is 15.6. The zero-order chi connectivity index (χ0) is 20.9. The van der Waals surface area contributed by atoms with Gasteiger partial charge in [0.25, 0.3) is 5.91 Å². The molecule has 1 aliphatic rings. The number of benzene rings is 3.